The number of aromatic amines is 1. The molecule has 0 atom stereocenters. The Morgan fingerprint density at radius 2 is 2.15 bits per heavy atom. The number of halogens is 1. The fourth-order valence-corrected chi connectivity index (χ4v) is 2.31. The third-order valence-electron chi connectivity index (χ3n) is 2.71. The number of hydrogen-bond donors (Lipinski definition) is 1. The zero-order valence-corrected chi connectivity index (χ0v) is 12.4. The minimum atomic E-state index is -0.372. The van der Waals surface area contributed by atoms with Crippen LogP contribution in [-0.4, -0.2) is 15.2 Å². The third-order valence-corrected chi connectivity index (χ3v) is 3.61. The number of hydrogen-bond acceptors (Lipinski definition) is 4. The van der Waals surface area contributed by atoms with Gasteiger partial charge in [0.25, 0.3) is 0 Å². The summed E-state index contributed by atoms with van der Waals surface area (Å²) >= 11 is 1.36. The molecule has 4 nitrogen and oxygen atoms in total. The topological polar surface area (TPSA) is 65.4 Å². The summed E-state index contributed by atoms with van der Waals surface area (Å²) in [6, 6.07) is 6.39. The zero-order chi connectivity index (χ0) is 14.8. The molecule has 0 saturated carbocycles. The van der Waals surface area contributed by atoms with Crippen LogP contribution in [0.1, 0.15) is 37.7 Å². The van der Waals surface area contributed by atoms with Crippen molar-refractivity contribution in [1.29, 1.82) is 5.26 Å². The van der Waals surface area contributed by atoms with Gasteiger partial charge in [0.1, 0.15) is 11.6 Å². The number of rotatable bonds is 3. The Balaban J connectivity index is 2.06. The number of thioether (sulfide) groups is 1. The van der Waals surface area contributed by atoms with Crippen molar-refractivity contribution in [1.82, 2.24) is 15.2 Å². The highest BCUT2D eigenvalue weighted by Gasteiger charge is 2.18. The Hall–Kier alpha value is -1.87. The van der Waals surface area contributed by atoms with E-state index in [1.54, 1.807) is 12.1 Å². The summed E-state index contributed by atoms with van der Waals surface area (Å²) in [5, 5.41) is 16.3. The van der Waals surface area contributed by atoms with E-state index in [9.17, 15) is 4.39 Å². The molecule has 1 heterocycles. The average Bonchev–Trinajstić information content (AvgIpc) is 2.86. The number of benzene rings is 1. The summed E-state index contributed by atoms with van der Waals surface area (Å²) in [6.07, 6.45) is 0. The predicted molar refractivity (Wildman–Crippen MR) is 75.8 cm³/mol. The van der Waals surface area contributed by atoms with E-state index in [-0.39, 0.29) is 11.2 Å². The Morgan fingerprint density at radius 3 is 2.70 bits per heavy atom. The van der Waals surface area contributed by atoms with E-state index in [0.717, 1.165) is 5.82 Å². The van der Waals surface area contributed by atoms with E-state index >= 15 is 0 Å². The Labute approximate surface area is 121 Å². The van der Waals surface area contributed by atoms with E-state index in [1.807, 2.05) is 26.8 Å². The smallest absolute Gasteiger partial charge is 0.208 e. The van der Waals surface area contributed by atoms with E-state index in [1.165, 1.54) is 17.8 Å². The Kier molecular flexibility index (Phi) is 4.09. The molecule has 104 valence electrons. The van der Waals surface area contributed by atoms with Gasteiger partial charge in [-0.3, -0.25) is 5.10 Å². The van der Waals surface area contributed by atoms with Crippen molar-refractivity contribution in [3.63, 3.8) is 0 Å². The van der Waals surface area contributed by atoms with Crippen LogP contribution in [0, 0.1) is 17.1 Å². The van der Waals surface area contributed by atoms with Crippen molar-refractivity contribution in [2.24, 2.45) is 0 Å². The molecule has 2 aromatic rings. The van der Waals surface area contributed by atoms with Crippen molar-refractivity contribution in [3.8, 4) is 6.07 Å². The first-order chi connectivity index (χ1) is 9.40. The van der Waals surface area contributed by atoms with Gasteiger partial charge in [0.15, 0.2) is 0 Å². The molecule has 1 aromatic heterocycles. The number of nitrogens with one attached hydrogen (secondary N) is 1. The standard InChI is InChI=1S/C14H15FN4S/c1-14(2,3)12-17-13(19-18-12)20-8-10-5-4-9(7-16)6-11(10)15/h4-6H,8H2,1-3H3,(H,17,18,19). The molecule has 0 amide bonds. The van der Waals surface area contributed by atoms with Crippen molar-refractivity contribution in [2.45, 2.75) is 37.1 Å². The first kappa shape index (κ1) is 14.5. The Morgan fingerprint density at radius 1 is 1.40 bits per heavy atom. The Bertz CT molecular complexity index is 652. The summed E-state index contributed by atoms with van der Waals surface area (Å²) < 4.78 is 13.7. The third kappa shape index (κ3) is 3.36. The summed E-state index contributed by atoms with van der Waals surface area (Å²) in [7, 11) is 0. The quantitative estimate of drug-likeness (QED) is 0.880. The van der Waals surface area contributed by atoms with Gasteiger partial charge in [-0.1, -0.05) is 38.6 Å². The molecule has 6 heteroatoms. The molecule has 0 aliphatic heterocycles. The highest BCUT2D eigenvalue weighted by molar-refractivity contribution is 7.98. The molecule has 0 aliphatic carbocycles. The summed E-state index contributed by atoms with van der Waals surface area (Å²) in [5.41, 5.74) is 0.770. The largest absolute Gasteiger partial charge is 0.262 e. The summed E-state index contributed by atoms with van der Waals surface area (Å²) in [4.78, 5) is 4.38. The lowest BCUT2D eigenvalue weighted by molar-refractivity contribution is 0.547. The second-order valence-corrected chi connectivity index (χ2v) is 6.37. The molecular formula is C14H15FN4S. The lowest BCUT2D eigenvalue weighted by Crippen LogP contribution is -2.13. The maximum absolute atomic E-state index is 13.7. The monoisotopic (exact) mass is 290 g/mol. The van der Waals surface area contributed by atoms with Gasteiger partial charge in [0.05, 0.1) is 11.6 Å². The SMILES string of the molecule is CC(C)(C)c1nc(SCc2ccc(C#N)cc2F)n[nH]1. The van der Waals surface area contributed by atoms with Gasteiger partial charge in [0.2, 0.25) is 5.16 Å². The highest BCUT2D eigenvalue weighted by Crippen LogP contribution is 2.24. The molecule has 0 aliphatic rings. The zero-order valence-electron chi connectivity index (χ0n) is 11.6. The number of nitrogens with zero attached hydrogens (tertiary/aromatic N) is 3. The van der Waals surface area contributed by atoms with Crippen molar-refractivity contribution in [3.05, 3.63) is 41.0 Å². The van der Waals surface area contributed by atoms with Gasteiger partial charge in [-0.15, -0.1) is 5.10 Å². The van der Waals surface area contributed by atoms with Crippen LogP contribution in [0.4, 0.5) is 4.39 Å². The molecule has 1 aromatic carbocycles. The number of nitriles is 1. The minimum Gasteiger partial charge on any atom is -0.262 e. The average molecular weight is 290 g/mol. The van der Waals surface area contributed by atoms with Crippen molar-refractivity contribution < 1.29 is 4.39 Å². The van der Waals surface area contributed by atoms with E-state index in [0.29, 0.717) is 22.0 Å². The lowest BCUT2D eigenvalue weighted by atomic mass is 9.96. The maximum atomic E-state index is 13.7. The number of H-pyrrole nitrogens is 1. The van der Waals surface area contributed by atoms with E-state index in [4.69, 9.17) is 5.26 Å². The van der Waals surface area contributed by atoms with Crippen molar-refractivity contribution >= 4 is 11.8 Å². The van der Waals surface area contributed by atoms with Gasteiger partial charge in [-0.2, -0.15) is 5.26 Å². The number of aromatic nitrogens is 3. The molecule has 0 radical (unpaired) electrons. The molecule has 1 N–H and O–H groups in total. The molecular weight excluding hydrogens is 275 g/mol. The first-order valence-corrected chi connectivity index (χ1v) is 7.13. The van der Waals surface area contributed by atoms with Crippen LogP contribution in [-0.2, 0) is 11.2 Å². The van der Waals surface area contributed by atoms with Crippen LogP contribution in [0.15, 0.2) is 23.4 Å². The minimum absolute atomic E-state index is 0.0918. The van der Waals surface area contributed by atoms with Gasteiger partial charge in [-0.25, -0.2) is 9.37 Å². The molecule has 0 saturated heterocycles. The van der Waals surface area contributed by atoms with Crippen LogP contribution in [0.3, 0.4) is 0 Å². The van der Waals surface area contributed by atoms with Gasteiger partial charge in [-0.05, 0) is 17.7 Å². The molecule has 0 spiro atoms. The predicted octanol–water partition coefficient (Wildman–Crippen LogP) is 3.41. The summed E-state index contributed by atoms with van der Waals surface area (Å²) in [5.74, 6) is 0.863. The fraction of sp³-hybridized carbons (Fsp3) is 0.357. The molecule has 0 unspecified atom stereocenters. The first-order valence-electron chi connectivity index (χ1n) is 6.14. The van der Waals surface area contributed by atoms with E-state index in [2.05, 4.69) is 15.2 Å². The summed E-state index contributed by atoms with van der Waals surface area (Å²) in [6.45, 7) is 6.13. The molecule has 0 bridgehead atoms. The van der Waals surface area contributed by atoms with E-state index < -0.39 is 0 Å². The van der Waals surface area contributed by atoms with Gasteiger partial charge < -0.3 is 0 Å². The van der Waals surface area contributed by atoms with Gasteiger partial charge in [0, 0.05) is 11.2 Å². The van der Waals surface area contributed by atoms with Gasteiger partial charge >= 0.3 is 0 Å². The normalized spacial score (nSPS) is 11.3. The molecule has 2 rings (SSSR count). The lowest BCUT2D eigenvalue weighted by Gasteiger charge is -2.12. The van der Waals surface area contributed by atoms with Crippen LogP contribution in [0.5, 0.6) is 0 Å². The van der Waals surface area contributed by atoms with Crippen LogP contribution in [0.25, 0.3) is 0 Å². The fourth-order valence-electron chi connectivity index (χ4n) is 1.52. The van der Waals surface area contributed by atoms with Crippen LogP contribution in [0.2, 0.25) is 0 Å². The van der Waals surface area contributed by atoms with Crippen LogP contribution >= 0.6 is 11.8 Å². The van der Waals surface area contributed by atoms with Crippen molar-refractivity contribution in [2.75, 3.05) is 0 Å². The maximum Gasteiger partial charge on any atom is 0.208 e. The molecule has 20 heavy (non-hydrogen) atoms. The highest BCUT2D eigenvalue weighted by atomic mass is 32.2. The second-order valence-electron chi connectivity index (χ2n) is 5.42. The molecule has 0 fully saturated rings. The second kappa shape index (κ2) is 5.63. The van der Waals surface area contributed by atoms with Crippen LogP contribution < -0.4 is 0 Å².